The summed E-state index contributed by atoms with van der Waals surface area (Å²) in [5.41, 5.74) is 1.83. The predicted octanol–water partition coefficient (Wildman–Crippen LogP) is 2.76. The SMILES string of the molecule is COC(=O)C1CCN(C(=O)c2cc(-c3ccccc3Cl)n[nH]2)CC1. The molecule has 126 valence electrons. The van der Waals surface area contributed by atoms with Crippen molar-refractivity contribution in [1.29, 1.82) is 0 Å². The number of hydrogen-bond acceptors (Lipinski definition) is 4. The van der Waals surface area contributed by atoms with Gasteiger partial charge in [-0.15, -0.1) is 0 Å². The fourth-order valence-electron chi connectivity index (χ4n) is 2.89. The molecule has 0 radical (unpaired) electrons. The third-order valence-electron chi connectivity index (χ3n) is 4.27. The quantitative estimate of drug-likeness (QED) is 0.866. The van der Waals surface area contributed by atoms with Gasteiger partial charge in [0, 0.05) is 18.7 Å². The van der Waals surface area contributed by atoms with E-state index in [1.807, 2.05) is 18.2 Å². The molecule has 0 aliphatic carbocycles. The molecule has 1 aliphatic rings. The van der Waals surface area contributed by atoms with Crippen LogP contribution < -0.4 is 0 Å². The van der Waals surface area contributed by atoms with Crippen molar-refractivity contribution in [2.45, 2.75) is 12.8 Å². The zero-order valence-corrected chi connectivity index (χ0v) is 14.0. The van der Waals surface area contributed by atoms with E-state index in [0.717, 1.165) is 5.56 Å². The van der Waals surface area contributed by atoms with E-state index in [4.69, 9.17) is 16.3 Å². The number of methoxy groups -OCH3 is 1. The first-order valence-corrected chi connectivity index (χ1v) is 8.15. The van der Waals surface area contributed by atoms with Gasteiger partial charge in [0.2, 0.25) is 0 Å². The van der Waals surface area contributed by atoms with Gasteiger partial charge in [-0.2, -0.15) is 5.10 Å². The summed E-state index contributed by atoms with van der Waals surface area (Å²) in [6.07, 6.45) is 1.23. The van der Waals surface area contributed by atoms with Gasteiger partial charge in [0.05, 0.1) is 23.7 Å². The maximum atomic E-state index is 12.6. The number of likely N-dealkylation sites (tertiary alicyclic amines) is 1. The van der Waals surface area contributed by atoms with Crippen molar-refractivity contribution < 1.29 is 14.3 Å². The summed E-state index contributed by atoms with van der Waals surface area (Å²) in [6.45, 7) is 1.05. The van der Waals surface area contributed by atoms with E-state index >= 15 is 0 Å². The van der Waals surface area contributed by atoms with Crippen LogP contribution in [0, 0.1) is 5.92 Å². The van der Waals surface area contributed by atoms with Crippen molar-refractivity contribution in [2.75, 3.05) is 20.2 Å². The standard InChI is InChI=1S/C17H18ClN3O3/c1-24-17(23)11-6-8-21(9-7-11)16(22)15-10-14(19-20-15)12-4-2-3-5-13(12)18/h2-5,10-11H,6-9H2,1H3,(H,19,20). The molecule has 1 aromatic heterocycles. The second-order valence-electron chi connectivity index (χ2n) is 5.74. The number of hydrogen-bond donors (Lipinski definition) is 1. The Kier molecular flexibility index (Phi) is 4.85. The number of aromatic amines is 1. The van der Waals surface area contributed by atoms with Gasteiger partial charge in [-0.25, -0.2) is 0 Å². The van der Waals surface area contributed by atoms with Crippen LogP contribution in [0.5, 0.6) is 0 Å². The number of piperidine rings is 1. The number of amides is 1. The largest absolute Gasteiger partial charge is 0.469 e. The van der Waals surface area contributed by atoms with Gasteiger partial charge in [0.25, 0.3) is 5.91 Å². The van der Waals surface area contributed by atoms with E-state index in [1.54, 1.807) is 17.0 Å². The summed E-state index contributed by atoms with van der Waals surface area (Å²) in [7, 11) is 1.39. The molecule has 2 heterocycles. The molecule has 3 rings (SSSR count). The van der Waals surface area contributed by atoms with Crippen molar-refractivity contribution in [2.24, 2.45) is 5.92 Å². The summed E-state index contributed by atoms with van der Waals surface area (Å²) >= 11 is 6.16. The first kappa shape index (κ1) is 16.5. The normalized spacial score (nSPS) is 15.3. The Bertz CT molecular complexity index is 751. The van der Waals surface area contributed by atoms with Crippen molar-refractivity contribution in [1.82, 2.24) is 15.1 Å². The van der Waals surface area contributed by atoms with Crippen LogP contribution in [-0.4, -0.2) is 47.2 Å². The van der Waals surface area contributed by atoms with Crippen LogP contribution in [-0.2, 0) is 9.53 Å². The molecule has 2 aromatic rings. The number of esters is 1. The Balaban J connectivity index is 1.69. The highest BCUT2D eigenvalue weighted by atomic mass is 35.5. The third kappa shape index (κ3) is 3.28. The monoisotopic (exact) mass is 347 g/mol. The number of ether oxygens (including phenoxy) is 1. The Morgan fingerprint density at radius 2 is 2.00 bits per heavy atom. The Labute approximate surface area is 144 Å². The summed E-state index contributed by atoms with van der Waals surface area (Å²) in [6, 6.07) is 9.06. The highest BCUT2D eigenvalue weighted by Crippen LogP contribution is 2.27. The van der Waals surface area contributed by atoms with Crippen LogP contribution in [0.2, 0.25) is 5.02 Å². The lowest BCUT2D eigenvalue weighted by Gasteiger charge is -2.30. The van der Waals surface area contributed by atoms with E-state index in [-0.39, 0.29) is 17.8 Å². The predicted molar refractivity (Wildman–Crippen MR) is 89.7 cm³/mol. The van der Waals surface area contributed by atoms with Crippen LogP contribution in [0.1, 0.15) is 23.3 Å². The fraction of sp³-hybridized carbons (Fsp3) is 0.353. The molecule has 1 fully saturated rings. The van der Waals surface area contributed by atoms with Gasteiger partial charge in [-0.1, -0.05) is 29.8 Å². The summed E-state index contributed by atoms with van der Waals surface area (Å²) in [4.78, 5) is 25.9. The number of rotatable bonds is 3. The Hall–Kier alpha value is -2.34. The minimum atomic E-state index is -0.204. The molecule has 24 heavy (non-hydrogen) atoms. The van der Waals surface area contributed by atoms with Crippen molar-refractivity contribution in [3.05, 3.63) is 41.0 Å². The smallest absolute Gasteiger partial charge is 0.308 e. The Morgan fingerprint density at radius 3 is 2.67 bits per heavy atom. The molecular weight excluding hydrogens is 330 g/mol. The van der Waals surface area contributed by atoms with Crippen molar-refractivity contribution in [3.63, 3.8) is 0 Å². The Morgan fingerprint density at radius 1 is 1.29 bits per heavy atom. The average Bonchev–Trinajstić information content (AvgIpc) is 3.11. The molecule has 0 unspecified atom stereocenters. The van der Waals surface area contributed by atoms with Crippen LogP contribution in [0.25, 0.3) is 11.3 Å². The molecule has 0 saturated carbocycles. The van der Waals surface area contributed by atoms with E-state index in [9.17, 15) is 9.59 Å². The van der Waals surface area contributed by atoms with E-state index in [1.165, 1.54) is 7.11 Å². The number of carbonyl (C=O) groups excluding carboxylic acids is 2. The zero-order chi connectivity index (χ0) is 17.1. The molecule has 6 nitrogen and oxygen atoms in total. The highest BCUT2D eigenvalue weighted by molar-refractivity contribution is 6.33. The van der Waals surface area contributed by atoms with Gasteiger partial charge in [-0.3, -0.25) is 14.7 Å². The summed E-state index contributed by atoms with van der Waals surface area (Å²) < 4.78 is 4.76. The number of carbonyl (C=O) groups is 2. The number of aromatic nitrogens is 2. The van der Waals surface area contributed by atoms with Crippen LogP contribution in [0.4, 0.5) is 0 Å². The minimum Gasteiger partial charge on any atom is -0.469 e. The lowest BCUT2D eigenvalue weighted by molar-refractivity contribution is -0.146. The first-order valence-electron chi connectivity index (χ1n) is 7.77. The van der Waals surface area contributed by atoms with Crippen molar-refractivity contribution in [3.8, 4) is 11.3 Å². The van der Waals surface area contributed by atoms with Gasteiger partial charge < -0.3 is 9.64 Å². The van der Waals surface area contributed by atoms with Crippen molar-refractivity contribution >= 4 is 23.5 Å². The van der Waals surface area contributed by atoms with Gasteiger partial charge in [0.1, 0.15) is 5.69 Å². The van der Waals surface area contributed by atoms with Gasteiger partial charge >= 0.3 is 5.97 Å². The molecule has 1 saturated heterocycles. The van der Waals surface area contributed by atoms with E-state index in [2.05, 4.69) is 10.2 Å². The molecule has 1 aliphatic heterocycles. The molecule has 0 spiro atoms. The molecule has 1 aromatic carbocycles. The number of nitrogens with zero attached hydrogens (tertiary/aromatic N) is 2. The lowest BCUT2D eigenvalue weighted by Crippen LogP contribution is -2.40. The molecule has 7 heteroatoms. The molecule has 0 atom stereocenters. The van der Waals surface area contributed by atoms with Gasteiger partial charge in [-0.05, 0) is 25.0 Å². The van der Waals surface area contributed by atoms with Crippen LogP contribution in [0.15, 0.2) is 30.3 Å². The molecule has 1 N–H and O–H groups in total. The van der Waals surface area contributed by atoms with E-state index < -0.39 is 0 Å². The first-order chi connectivity index (χ1) is 11.6. The second-order valence-corrected chi connectivity index (χ2v) is 6.14. The summed E-state index contributed by atoms with van der Waals surface area (Å²) in [5, 5.41) is 7.56. The van der Waals surface area contributed by atoms with Crippen LogP contribution in [0.3, 0.4) is 0 Å². The van der Waals surface area contributed by atoms with Crippen LogP contribution >= 0.6 is 11.6 Å². The second kappa shape index (κ2) is 7.05. The molecular formula is C17H18ClN3O3. The maximum Gasteiger partial charge on any atom is 0.308 e. The highest BCUT2D eigenvalue weighted by Gasteiger charge is 2.29. The average molecular weight is 348 g/mol. The van der Waals surface area contributed by atoms with Gasteiger partial charge in [0.15, 0.2) is 0 Å². The number of halogens is 1. The topological polar surface area (TPSA) is 75.3 Å². The minimum absolute atomic E-state index is 0.121. The zero-order valence-electron chi connectivity index (χ0n) is 13.3. The lowest BCUT2D eigenvalue weighted by atomic mass is 9.97. The summed E-state index contributed by atoms with van der Waals surface area (Å²) in [5.74, 6) is -0.451. The fourth-order valence-corrected chi connectivity index (χ4v) is 3.13. The molecule has 1 amide bonds. The number of benzene rings is 1. The maximum absolute atomic E-state index is 12.6. The number of nitrogens with one attached hydrogen (secondary N) is 1. The third-order valence-corrected chi connectivity index (χ3v) is 4.60. The molecule has 0 bridgehead atoms. The number of H-pyrrole nitrogens is 1. The van der Waals surface area contributed by atoms with E-state index in [0.29, 0.717) is 42.3 Å².